The Morgan fingerprint density at radius 2 is 2.00 bits per heavy atom. The van der Waals surface area contributed by atoms with Gasteiger partial charge in [0.1, 0.15) is 5.69 Å². The van der Waals surface area contributed by atoms with Gasteiger partial charge in [-0.3, -0.25) is 14.6 Å². The van der Waals surface area contributed by atoms with Gasteiger partial charge >= 0.3 is 0 Å². The van der Waals surface area contributed by atoms with Gasteiger partial charge in [-0.05, 0) is 72.5 Å². The van der Waals surface area contributed by atoms with Gasteiger partial charge in [0.25, 0.3) is 5.91 Å². The van der Waals surface area contributed by atoms with E-state index in [1.165, 1.54) is 12.8 Å². The number of aryl methyl sites for hydroxylation is 2. The molecule has 154 valence electrons. The lowest BCUT2D eigenvalue weighted by molar-refractivity contribution is 0.0863. The largest absolute Gasteiger partial charge is 0.345 e. The number of carbonyl (C=O) groups is 1. The van der Waals surface area contributed by atoms with E-state index in [0.29, 0.717) is 5.69 Å². The van der Waals surface area contributed by atoms with E-state index in [0.717, 1.165) is 54.7 Å². The molecule has 2 aromatic heterocycles. The average Bonchev–Trinajstić information content (AvgIpc) is 3.20. The molecule has 0 aliphatic carbocycles. The third kappa shape index (κ3) is 4.46. The van der Waals surface area contributed by atoms with E-state index < -0.39 is 0 Å². The summed E-state index contributed by atoms with van der Waals surface area (Å²) >= 11 is 0. The first-order valence-corrected chi connectivity index (χ1v) is 10.3. The standard InChI is InChI=1S/C21H34N6O/c1-7-27-16(4)19(15(3)25-27)17-12-18(24-23-17)20(28)22-21(5,6)13-26-10-8-14(2)9-11-26/h12,14H,7-11,13H2,1-6H3,(H,22,28)(H,23,24). The van der Waals surface area contributed by atoms with E-state index >= 15 is 0 Å². The Kier molecular flexibility index (Phi) is 5.93. The van der Waals surface area contributed by atoms with Crippen LogP contribution in [0.3, 0.4) is 0 Å². The van der Waals surface area contributed by atoms with Crippen LogP contribution in [-0.4, -0.2) is 56.0 Å². The SMILES string of the molecule is CCn1nc(C)c(-c2cc(C(=O)NC(C)(C)CN3CCC(C)CC3)[nH]n2)c1C. The van der Waals surface area contributed by atoms with E-state index in [9.17, 15) is 4.79 Å². The number of aromatic nitrogens is 4. The van der Waals surface area contributed by atoms with Crippen molar-refractivity contribution in [2.24, 2.45) is 5.92 Å². The normalized spacial score (nSPS) is 16.5. The maximum absolute atomic E-state index is 12.8. The van der Waals surface area contributed by atoms with Crippen molar-refractivity contribution in [2.75, 3.05) is 19.6 Å². The summed E-state index contributed by atoms with van der Waals surface area (Å²) in [4.78, 5) is 15.3. The third-order valence-corrected chi connectivity index (χ3v) is 5.71. The fourth-order valence-electron chi connectivity index (χ4n) is 4.14. The van der Waals surface area contributed by atoms with Crippen LogP contribution in [-0.2, 0) is 6.54 Å². The minimum Gasteiger partial charge on any atom is -0.345 e. The maximum atomic E-state index is 12.8. The van der Waals surface area contributed by atoms with E-state index in [4.69, 9.17) is 0 Å². The Bertz CT molecular complexity index is 826. The first kappa shape index (κ1) is 20.6. The average molecular weight is 387 g/mol. The van der Waals surface area contributed by atoms with Gasteiger partial charge in [-0.15, -0.1) is 0 Å². The number of hydrogen-bond donors (Lipinski definition) is 2. The molecule has 0 atom stereocenters. The molecule has 28 heavy (non-hydrogen) atoms. The Morgan fingerprint density at radius 3 is 2.61 bits per heavy atom. The Hall–Kier alpha value is -2.15. The van der Waals surface area contributed by atoms with Crippen molar-refractivity contribution in [1.29, 1.82) is 0 Å². The molecule has 0 radical (unpaired) electrons. The molecule has 3 rings (SSSR count). The van der Waals surface area contributed by atoms with Crippen LogP contribution in [0.4, 0.5) is 0 Å². The van der Waals surface area contributed by atoms with E-state index in [1.807, 2.05) is 24.6 Å². The van der Waals surface area contributed by atoms with Gasteiger partial charge in [-0.1, -0.05) is 6.92 Å². The summed E-state index contributed by atoms with van der Waals surface area (Å²) in [5, 5.41) is 15.0. The van der Waals surface area contributed by atoms with Crippen LogP contribution in [0.25, 0.3) is 11.3 Å². The Balaban J connectivity index is 1.68. The highest BCUT2D eigenvalue weighted by atomic mass is 16.2. The number of piperidine rings is 1. The molecule has 0 bridgehead atoms. The highest BCUT2D eigenvalue weighted by Crippen LogP contribution is 2.26. The summed E-state index contributed by atoms with van der Waals surface area (Å²) in [7, 11) is 0. The van der Waals surface area contributed by atoms with Crippen molar-refractivity contribution in [3.05, 3.63) is 23.1 Å². The maximum Gasteiger partial charge on any atom is 0.269 e. The minimum absolute atomic E-state index is 0.118. The Labute approximate surface area is 167 Å². The highest BCUT2D eigenvalue weighted by Gasteiger charge is 2.27. The molecule has 1 amide bonds. The predicted molar refractivity (Wildman–Crippen MR) is 111 cm³/mol. The molecule has 3 heterocycles. The summed E-state index contributed by atoms with van der Waals surface area (Å²) in [6.45, 7) is 16.4. The molecule has 0 unspecified atom stereocenters. The summed E-state index contributed by atoms with van der Waals surface area (Å²) in [6.07, 6.45) is 2.47. The van der Waals surface area contributed by atoms with Gasteiger partial charge in [-0.2, -0.15) is 10.2 Å². The first-order valence-electron chi connectivity index (χ1n) is 10.3. The van der Waals surface area contributed by atoms with Crippen molar-refractivity contribution in [2.45, 2.75) is 66.5 Å². The molecular formula is C21H34N6O. The number of hydrogen-bond acceptors (Lipinski definition) is 4. The van der Waals surface area contributed by atoms with Gasteiger partial charge in [0.05, 0.1) is 11.4 Å². The zero-order chi connectivity index (χ0) is 20.5. The van der Waals surface area contributed by atoms with E-state index in [-0.39, 0.29) is 11.4 Å². The number of rotatable bonds is 6. The molecule has 7 heteroatoms. The number of nitrogens with zero attached hydrogens (tertiary/aromatic N) is 4. The predicted octanol–water partition coefficient (Wildman–Crippen LogP) is 3.15. The molecule has 0 saturated carbocycles. The molecular weight excluding hydrogens is 352 g/mol. The van der Waals surface area contributed by atoms with Gasteiger partial charge in [0.2, 0.25) is 0 Å². The fraction of sp³-hybridized carbons (Fsp3) is 0.667. The second-order valence-electron chi connectivity index (χ2n) is 8.83. The van der Waals surface area contributed by atoms with Crippen molar-refractivity contribution in [3.63, 3.8) is 0 Å². The lowest BCUT2D eigenvalue weighted by Gasteiger charge is -2.37. The van der Waals surface area contributed by atoms with Crippen LogP contribution in [0.15, 0.2) is 6.07 Å². The molecule has 7 nitrogen and oxygen atoms in total. The number of nitrogens with one attached hydrogen (secondary N) is 2. The number of likely N-dealkylation sites (tertiary alicyclic amines) is 1. The molecule has 0 spiro atoms. The van der Waals surface area contributed by atoms with Crippen molar-refractivity contribution in [3.8, 4) is 11.3 Å². The summed E-state index contributed by atoms with van der Waals surface area (Å²) in [5.41, 5.74) is 3.94. The minimum atomic E-state index is -0.304. The second kappa shape index (κ2) is 8.07. The summed E-state index contributed by atoms with van der Waals surface area (Å²) < 4.78 is 1.96. The van der Waals surface area contributed by atoms with Crippen LogP contribution in [0.2, 0.25) is 0 Å². The molecule has 0 aromatic carbocycles. The van der Waals surface area contributed by atoms with Crippen molar-refractivity contribution < 1.29 is 4.79 Å². The molecule has 1 saturated heterocycles. The lowest BCUT2D eigenvalue weighted by atomic mass is 9.96. The van der Waals surface area contributed by atoms with Crippen LogP contribution < -0.4 is 5.32 Å². The number of carbonyl (C=O) groups excluding carboxylic acids is 1. The van der Waals surface area contributed by atoms with Crippen LogP contribution >= 0.6 is 0 Å². The zero-order valence-electron chi connectivity index (χ0n) is 18.1. The van der Waals surface area contributed by atoms with Crippen LogP contribution in [0.5, 0.6) is 0 Å². The second-order valence-corrected chi connectivity index (χ2v) is 8.83. The third-order valence-electron chi connectivity index (χ3n) is 5.71. The summed E-state index contributed by atoms with van der Waals surface area (Å²) in [6, 6.07) is 1.82. The first-order chi connectivity index (χ1) is 13.2. The van der Waals surface area contributed by atoms with Crippen LogP contribution in [0.1, 0.15) is 62.4 Å². The van der Waals surface area contributed by atoms with Gasteiger partial charge in [0.15, 0.2) is 0 Å². The van der Waals surface area contributed by atoms with Crippen molar-refractivity contribution >= 4 is 5.91 Å². The van der Waals surface area contributed by atoms with Gasteiger partial charge < -0.3 is 10.2 Å². The summed E-state index contributed by atoms with van der Waals surface area (Å²) in [5.74, 6) is 0.689. The van der Waals surface area contributed by atoms with E-state index in [1.54, 1.807) is 0 Å². The molecule has 1 aliphatic rings. The molecule has 1 fully saturated rings. The monoisotopic (exact) mass is 386 g/mol. The molecule has 2 aromatic rings. The zero-order valence-corrected chi connectivity index (χ0v) is 18.1. The Morgan fingerprint density at radius 1 is 1.32 bits per heavy atom. The van der Waals surface area contributed by atoms with Gasteiger partial charge in [0, 0.05) is 29.9 Å². The van der Waals surface area contributed by atoms with Crippen LogP contribution in [0, 0.1) is 19.8 Å². The van der Waals surface area contributed by atoms with Gasteiger partial charge in [-0.25, -0.2) is 0 Å². The fourth-order valence-corrected chi connectivity index (χ4v) is 4.14. The molecule has 2 N–H and O–H groups in total. The topological polar surface area (TPSA) is 78.8 Å². The lowest BCUT2D eigenvalue weighted by Crippen LogP contribution is -2.52. The number of H-pyrrole nitrogens is 1. The molecule has 1 aliphatic heterocycles. The highest BCUT2D eigenvalue weighted by molar-refractivity contribution is 5.94. The van der Waals surface area contributed by atoms with Crippen molar-refractivity contribution in [1.82, 2.24) is 30.2 Å². The smallest absolute Gasteiger partial charge is 0.269 e. The number of aromatic amines is 1. The van der Waals surface area contributed by atoms with E-state index in [2.05, 4.69) is 53.2 Å². The number of amides is 1. The quantitative estimate of drug-likeness (QED) is 0.799.